The van der Waals surface area contributed by atoms with Crippen LogP contribution in [0.1, 0.15) is 53.3 Å². The van der Waals surface area contributed by atoms with Crippen LogP contribution in [-0.2, 0) is 22.7 Å². The second kappa shape index (κ2) is 9.12. The zero-order valence-electron chi connectivity index (χ0n) is 21.4. The lowest BCUT2D eigenvalue weighted by Crippen LogP contribution is -2.52. The molecule has 12 heteroatoms. The van der Waals surface area contributed by atoms with E-state index in [1.54, 1.807) is 11.0 Å². The second-order valence-corrected chi connectivity index (χ2v) is 13.3. The molecule has 11 nitrogen and oxygen atoms in total. The lowest BCUT2D eigenvalue weighted by atomic mass is 10.0. The van der Waals surface area contributed by atoms with Gasteiger partial charge in [-0.2, -0.15) is 10.6 Å². The quantitative estimate of drug-likeness (QED) is 0.412. The number of carbonyl (C=O) groups excluding carboxylic acids is 3. The molecule has 3 amide bonds. The molecule has 1 aromatic carbocycles. The van der Waals surface area contributed by atoms with E-state index in [9.17, 15) is 23.5 Å². The van der Waals surface area contributed by atoms with E-state index in [2.05, 4.69) is 10.2 Å². The number of hydrogen-bond donors (Lipinski definition) is 3. The Morgan fingerprint density at radius 2 is 1.85 bits per heavy atom. The van der Waals surface area contributed by atoms with Gasteiger partial charge in [-0.15, -0.1) is 0 Å². The van der Waals surface area contributed by atoms with E-state index in [1.165, 1.54) is 12.8 Å². The topological polar surface area (TPSA) is 141 Å². The van der Waals surface area contributed by atoms with Gasteiger partial charge in [-0.1, -0.05) is 6.07 Å². The fourth-order valence-corrected chi connectivity index (χ4v) is 7.69. The molecule has 39 heavy (non-hydrogen) atoms. The lowest BCUT2D eigenvalue weighted by Gasteiger charge is -2.47. The molecule has 2 aromatic heterocycles. The maximum atomic E-state index is 13.2. The second-order valence-electron chi connectivity index (χ2n) is 11.0. The van der Waals surface area contributed by atoms with Gasteiger partial charge in [-0.05, 0) is 56.1 Å². The Hall–Kier alpha value is -3.32. The molecule has 0 bridgehead atoms. The molecular formula is C27H30N6O5S. The Morgan fingerprint density at radius 1 is 1.05 bits per heavy atom. The summed E-state index contributed by atoms with van der Waals surface area (Å²) in [6, 6.07) is 6.88. The van der Waals surface area contributed by atoms with Gasteiger partial charge in [0.05, 0.1) is 23.2 Å². The van der Waals surface area contributed by atoms with Gasteiger partial charge in [0.2, 0.25) is 11.8 Å². The van der Waals surface area contributed by atoms with E-state index < -0.39 is 22.5 Å². The molecule has 1 atom stereocenters. The summed E-state index contributed by atoms with van der Waals surface area (Å²) in [5.74, 6) is 0.258. The highest BCUT2D eigenvalue weighted by Gasteiger charge is 2.39. The molecule has 4 aliphatic heterocycles. The summed E-state index contributed by atoms with van der Waals surface area (Å²) in [6.45, 7) is 3.06. The van der Waals surface area contributed by atoms with Crippen molar-refractivity contribution in [3.8, 4) is 11.4 Å². The smallest absolute Gasteiger partial charge is 0.255 e. The fraction of sp³-hybridized carbons (Fsp3) is 0.444. The first-order valence-corrected chi connectivity index (χ1v) is 15.3. The molecule has 0 radical (unpaired) electrons. The van der Waals surface area contributed by atoms with Crippen molar-refractivity contribution < 1.29 is 23.5 Å². The summed E-state index contributed by atoms with van der Waals surface area (Å²) < 4.78 is 22.0. The van der Waals surface area contributed by atoms with Gasteiger partial charge in [0, 0.05) is 42.2 Å². The van der Waals surface area contributed by atoms with Crippen LogP contribution in [0.4, 0.5) is 0 Å². The molecule has 6 heterocycles. The van der Waals surface area contributed by atoms with Crippen LogP contribution in [0.3, 0.4) is 0 Å². The summed E-state index contributed by atoms with van der Waals surface area (Å²) in [6.07, 6.45) is 4.84. The van der Waals surface area contributed by atoms with E-state index in [1.807, 2.05) is 29.0 Å². The highest BCUT2D eigenvalue weighted by atomic mass is 32.3. The van der Waals surface area contributed by atoms with Gasteiger partial charge < -0.3 is 9.47 Å². The van der Waals surface area contributed by atoms with Crippen molar-refractivity contribution in [3.05, 3.63) is 47.3 Å². The van der Waals surface area contributed by atoms with Crippen LogP contribution in [0, 0.1) is 0 Å². The van der Waals surface area contributed by atoms with Crippen LogP contribution in [0.5, 0.6) is 0 Å². The van der Waals surface area contributed by atoms with Crippen molar-refractivity contribution >= 4 is 39.3 Å². The molecule has 204 valence electrons. The van der Waals surface area contributed by atoms with Crippen LogP contribution >= 0.6 is 10.6 Å². The summed E-state index contributed by atoms with van der Waals surface area (Å²) in [5, 5.41) is 3.31. The molecule has 7 rings (SSSR count). The molecule has 3 aromatic rings. The SMILES string of the molecule is O=C1CCC(N2Cc3cc(-c4nc(CN5CCCC5)c5ccn(C6CS(O)(O)C6)c5n4)ccc3C2=O)C(=O)N1. The van der Waals surface area contributed by atoms with Crippen LogP contribution < -0.4 is 5.32 Å². The highest BCUT2D eigenvalue weighted by Crippen LogP contribution is 2.54. The predicted octanol–water partition coefficient (Wildman–Crippen LogP) is 2.76. The first kappa shape index (κ1) is 24.7. The average molecular weight is 551 g/mol. The molecule has 1 unspecified atom stereocenters. The predicted molar refractivity (Wildman–Crippen MR) is 145 cm³/mol. The largest absolute Gasteiger partial charge is 0.326 e. The average Bonchev–Trinajstić information content (AvgIpc) is 3.62. The molecule has 3 saturated heterocycles. The summed E-state index contributed by atoms with van der Waals surface area (Å²) in [7, 11) is -2.51. The summed E-state index contributed by atoms with van der Waals surface area (Å²) in [4.78, 5) is 51.0. The third kappa shape index (κ3) is 4.31. The highest BCUT2D eigenvalue weighted by molar-refractivity contribution is 8.25. The maximum Gasteiger partial charge on any atom is 0.255 e. The minimum Gasteiger partial charge on any atom is -0.326 e. The Kier molecular flexibility index (Phi) is 5.78. The lowest BCUT2D eigenvalue weighted by molar-refractivity contribution is -0.136. The molecule has 0 aliphatic carbocycles. The molecule has 0 spiro atoms. The number of imide groups is 1. The van der Waals surface area contributed by atoms with Gasteiger partial charge in [0.1, 0.15) is 11.7 Å². The normalized spacial score (nSPS) is 24.2. The van der Waals surface area contributed by atoms with Crippen LogP contribution in [0.15, 0.2) is 30.5 Å². The van der Waals surface area contributed by atoms with Crippen molar-refractivity contribution in [3.63, 3.8) is 0 Å². The van der Waals surface area contributed by atoms with Gasteiger partial charge in [-0.3, -0.25) is 33.7 Å². The summed E-state index contributed by atoms with van der Waals surface area (Å²) in [5.41, 5.74) is 3.83. The molecular weight excluding hydrogens is 520 g/mol. The van der Waals surface area contributed by atoms with Crippen LogP contribution in [-0.4, -0.2) is 81.8 Å². The molecule has 3 N–H and O–H groups in total. The zero-order chi connectivity index (χ0) is 26.9. The van der Waals surface area contributed by atoms with E-state index in [-0.39, 0.29) is 30.8 Å². The number of benzene rings is 1. The number of carbonyl (C=O) groups is 3. The van der Waals surface area contributed by atoms with Gasteiger partial charge >= 0.3 is 0 Å². The van der Waals surface area contributed by atoms with E-state index in [0.29, 0.717) is 35.9 Å². The van der Waals surface area contributed by atoms with Crippen molar-refractivity contribution in [1.82, 2.24) is 29.7 Å². The number of hydrogen-bond acceptors (Lipinski definition) is 8. The number of nitrogens with one attached hydrogen (secondary N) is 1. The first-order chi connectivity index (χ1) is 18.8. The maximum absolute atomic E-state index is 13.2. The molecule has 4 aliphatic rings. The van der Waals surface area contributed by atoms with E-state index in [0.717, 1.165) is 40.9 Å². The Labute approximate surface area is 226 Å². The van der Waals surface area contributed by atoms with Gasteiger partial charge in [0.15, 0.2) is 5.82 Å². The first-order valence-electron chi connectivity index (χ1n) is 13.4. The number of nitrogens with zero attached hydrogens (tertiary/aromatic N) is 5. The number of likely N-dealkylation sites (tertiary alicyclic amines) is 1. The molecule has 0 saturated carbocycles. The van der Waals surface area contributed by atoms with Gasteiger partial charge in [0.25, 0.3) is 5.91 Å². The Morgan fingerprint density at radius 3 is 2.59 bits per heavy atom. The van der Waals surface area contributed by atoms with Crippen molar-refractivity contribution in [2.75, 3.05) is 24.6 Å². The zero-order valence-corrected chi connectivity index (χ0v) is 22.2. The number of piperidine rings is 1. The third-order valence-corrected chi connectivity index (χ3v) is 10.2. The fourth-order valence-electron chi connectivity index (χ4n) is 6.23. The van der Waals surface area contributed by atoms with E-state index in [4.69, 9.17) is 9.97 Å². The van der Waals surface area contributed by atoms with E-state index >= 15 is 0 Å². The minimum absolute atomic E-state index is 0.0189. The summed E-state index contributed by atoms with van der Waals surface area (Å²) >= 11 is 0. The van der Waals surface area contributed by atoms with Crippen molar-refractivity contribution in [2.24, 2.45) is 0 Å². The van der Waals surface area contributed by atoms with Crippen LogP contribution in [0.25, 0.3) is 22.4 Å². The third-order valence-electron chi connectivity index (χ3n) is 8.32. The number of rotatable bonds is 5. The van der Waals surface area contributed by atoms with Crippen LogP contribution in [0.2, 0.25) is 0 Å². The Bertz CT molecular complexity index is 1520. The van der Waals surface area contributed by atoms with Gasteiger partial charge in [-0.25, -0.2) is 9.97 Å². The monoisotopic (exact) mass is 550 g/mol. The van der Waals surface area contributed by atoms with Crippen molar-refractivity contribution in [1.29, 1.82) is 0 Å². The molecule has 3 fully saturated rings. The standard InChI is InChI=1S/C27H30N6O5S/c34-23-6-5-22(26(35)29-23)33-12-17-11-16(3-4-19(17)27(33)36)24-28-21(13-31-8-1-2-9-31)20-7-10-32(25(20)30-24)18-14-39(37,38)15-18/h3-4,7,10-11,18,22,37-38H,1-2,5-6,8-9,12-15H2,(H,29,34,35). The number of fused-ring (bicyclic) bond motifs is 2. The Balaban J connectivity index is 1.24. The minimum atomic E-state index is -2.51. The number of amides is 3. The van der Waals surface area contributed by atoms with Crippen molar-refractivity contribution in [2.45, 2.75) is 50.9 Å². The number of aromatic nitrogens is 3.